The first-order chi connectivity index (χ1) is 9.16. The number of methoxy groups -OCH3 is 1. The van der Waals surface area contributed by atoms with Crippen LogP contribution < -0.4 is 5.32 Å². The smallest absolute Gasteiger partial charge is 0.339 e. The highest BCUT2D eigenvalue weighted by Gasteiger charge is 2.46. The minimum Gasteiger partial charge on any atom is -0.465 e. The molecule has 1 fully saturated rings. The summed E-state index contributed by atoms with van der Waals surface area (Å²) in [5.74, 6) is 0.468. The number of hydrogen-bond acceptors (Lipinski definition) is 4. The fraction of sp³-hybridized carbons (Fsp3) is 0.429. The van der Waals surface area contributed by atoms with E-state index in [0.29, 0.717) is 5.56 Å². The third kappa shape index (κ3) is 1.92. The monoisotopic (exact) mass is 277 g/mol. The van der Waals surface area contributed by atoms with Gasteiger partial charge in [0.2, 0.25) is 5.91 Å². The molecule has 1 spiro atoms. The van der Waals surface area contributed by atoms with E-state index in [1.807, 2.05) is 6.07 Å². The molecular weight excluding hydrogens is 262 g/mol. The molecule has 0 aromatic heterocycles. The number of nitrogens with one attached hydrogen (secondary N) is 1. The first-order valence-corrected chi connectivity index (χ1v) is 7.30. The molecule has 4 nitrogen and oxygen atoms in total. The summed E-state index contributed by atoms with van der Waals surface area (Å²) in [6.45, 7) is 0. The van der Waals surface area contributed by atoms with Crippen molar-refractivity contribution in [2.75, 3.05) is 18.2 Å². The Morgan fingerprint density at radius 2 is 2.21 bits per heavy atom. The van der Waals surface area contributed by atoms with Gasteiger partial charge < -0.3 is 10.1 Å². The molecule has 1 saturated carbocycles. The van der Waals surface area contributed by atoms with Crippen molar-refractivity contribution < 1.29 is 14.3 Å². The Morgan fingerprint density at radius 1 is 1.42 bits per heavy atom. The molecule has 1 aliphatic heterocycles. The average molecular weight is 277 g/mol. The molecular formula is C14H15NO3S. The molecule has 0 bridgehead atoms. The normalized spacial score (nSPS) is 19.9. The van der Waals surface area contributed by atoms with Gasteiger partial charge in [-0.05, 0) is 25.0 Å². The van der Waals surface area contributed by atoms with Crippen LogP contribution in [0.15, 0.2) is 23.1 Å². The number of thioether (sulfide) groups is 1. The van der Waals surface area contributed by atoms with Crippen molar-refractivity contribution in [3.05, 3.63) is 23.8 Å². The molecule has 0 unspecified atom stereocenters. The Hall–Kier alpha value is -1.49. The number of benzene rings is 1. The number of carbonyl (C=O) groups excluding carboxylic acids is 2. The van der Waals surface area contributed by atoms with Crippen molar-refractivity contribution in [1.29, 1.82) is 0 Å². The molecule has 2 aliphatic rings. The van der Waals surface area contributed by atoms with Crippen LogP contribution in [0.5, 0.6) is 0 Å². The van der Waals surface area contributed by atoms with Gasteiger partial charge in [0.1, 0.15) is 0 Å². The quantitative estimate of drug-likeness (QED) is 0.802. The molecule has 0 radical (unpaired) electrons. The van der Waals surface area contributed by atoms with Gasteiger partial charge in [-0.15, -0.1) is 11.8 Å². The van der Waals surface area contributed by atoms with E-state index in [1.54, 1.807) is 23.9 Å². The van der Waals surface area contributed by atoms with Crippen molar-refractivity contribution in [1.82, 2.24) is 0 Å². The third-order valence-electron chi connectivity index (χ3n) is 3.95. The van der Waals surface area contributed by atoms with Crippen molar-refractivity contribution >= 4 is 29.3 Å². The van der Waals surface area contributed by atoms with Gasteiger partial charge in [-0.2, -0.15) is 0 Å². The van der Waals surface area contributed by atoms with Crippen LogP contribution in [0.1, 0.15) is 29.6 Å². The highest BCUT2D eigenvalue weighted by atomic mass is 32.2. The van der Waals surface area contributed by atoms with Crippen LogP contribution in [0.3, 0.4) is 0 Å². The van der Waals surface area contributed by atoms with Gasteiger partial charge in [0.15, 0.2) is 0 Å². The topological polar surface area (TPSA) is 55.4 Å². The summed E-state index contributed by atoms with van der Waals surface area (Å²) in [7, 11) is 1.37. The van der Waals surface area contributed by atoms with Crippen molar-refractivity contribution in [3.63, 3.8) is 0 Å². The summed E-state index contributed by atoms with van der Waals surface area (Å²) >= 11 is 1.58. The summed E-state index contributed by atoms with van der Waals surface area (Å²) in [5.41, 5.74) is 1.01. The molecule has 0 atom stereocenters. The Kier molecular flexibility index (Phi) is 3.01. The highest BCUT2D eigenvalue weighted by molar-refractivity contribution is 7.99. The lowest BCUT2D eigenvalue weighted by atomic mass is 9.69. The highest BCUT2D eigenvalue weighted by Crippen LogP contribution is 2.49. The standard InChI is InChI=1S/C14H15NO3S/c1-18-12(16)9-4-2-5-10-11(9)19-8-14(6-3-7-14)13(17)15-10/h2,4-5H,3,6-8H2,1H3,(H,15,17). The largest absolute Gasteiger partial charge is 0.465 e. The maximum absolute atomic E-state index is 12.3. The van der Waals surface area contributed by atoms with E-state index in [-0.39, 0.29) is 17.3 Å². The first kappa shape index (κ1) is 12.5. The van der Waals surface area contributed by atoms with Gasteiger partial charge in [0, 0.05) is 10.6 Å². The Bertz CT molecular complexity index is 552. The molecule has 1 heterocycles. The summed E-state index contributed by atoms with van der Waals surface area (Å²) in [4.78, 5) is 24.9. The van der Waals surface area contributed by atoms with Crippen molar-refractivity contribution in [2.24, 2.45) is 5.41 Å². The predicted molar refractivity (Wildman–Crippen MR) is 73.4 cm³/mol. The minimum atomic E-state index is -0.358. The zero-order valence-corrected chi connectivity index (χ0v) is 11.5. The summed E-state index contributed by atoms with van der Waals surface area (Å²) in [6, 6.07) is 5.34. The third-order valence-corrected chi connectivity index (χ3v) is 5.38. The van der Waals surface area contributed by atoms with E-state index >= 15 is 0 Å². The lowest BCUT2D eigenvalue weighted by molar-refractivity contribution is -0.128. The zero-order chi connectivity index (χ0) is 13.5. The van der Waals surface area contributed by atoms with E-state index in [1.165, 1.54) is 7.11 Å². The summed E-state index contributed by atoms with van der Waals surface area (Å²) < 4.78 is 4.80. The molecule has 3 rings (SSSR count). The second kappa shape index (κ2) is 4.56. The lowest BCUT2D eigenvalue weighted by Crippen LogP contribution is -2.43. The van der Waals surface area contributed by atoms with Gasteiger partial charge in [-0.3, -0.25) is 4.79 Å². The van der Waals surface area contributed by atoms with Gasteiger partial charge in [-0.1, -0.05) is 12.5 Å². The van der Waals surface area contributed by atoms with Crippen molar-refractivity contribution in [3.8, 4) is 0 Å². The second-order valence-electron chi connectivity index (χ2n) is 5.05. The van der Waals surface area contributed by atoms with E-state index in [4.69, 9.17) is 4.74 Å². The summed E-state index contributed by atoms with van der Waals surface area (Å²) in [6.07, 6.45) is 2.98. The number of rotatable bonds is 1. The number of ether oxygens (including phenoxy) is 1. The fourth-order valence-electron chi connectivity index (χ4n) is 2.57. The molecule has 1 aliphatic carbocycles. The first-order valence-electron chi connectivity index (χ1n) is 6.32. The SMILES string of the molecule is COC(=O)c1cccc2c1SCC1(CCC1)C(=O)N2. The fourth-order valence-corrected chi connectivity index (χ4v) is 3.99. The van der Waals surface area contributed by atoms with Crippen molar-refractivity contribution in [2.45, 2.75) is 24.2 Å². The molecule has 100 valence electrons. The minimum absolute atomic E-state index is 0.0898. The maximum Gasteiger partial charge on any atom is 0.339 e. The van der Waals surface area contributed by atoms with Crippen LogP contribution in [0.25, 0.3) is 0 Å². The number of anilines is 1. The van der Waals surface area contributed by atoms with Gasteiger partial charge in [-0.25, -0.2) is 4.79 Å². The molecule has 1 aromatic carbocycles. The van der Waals surface area contributed by atoms with Crippen LogP contribution in [-0.2, 0) is 9.53 Å². The molecule has 19 heavy (non-hydrogen) atoms. The van der Waals surface area contributed by atoms with Gasteiger partial charge in [0.25, 0.3) is 0 Å². The molecule has 1 amide bonds. The molecule has 1 aromatic rings. The number of esters is 1. The van der Waals surface area contributed by atoms with E-state index in [0.717, 1.165) is 35.6 Å². The zero-order valence-electron chi connectivity index (χ0n) is 10.7. The maximum atomic E-state index is 12.3. The molecule has 1 N–H and O–H groups in total. The van der Waals surface area contributed by atoms with Gasteiger partial charge >= 0.3 is 5.97 Å². The number of fused-ring (bicyclic) bond motifs is 1. The molecule has 5 heteroatoms. The van der Waals surface area contributed by atoms with Crippen LogP contribution in [-0.4, -0.2) is 24.7 Å². The van der Waals surface area contributed by atoms with E-state index < -0.39 is 0 Å². The van der Waals surface area contributed by atoms with Crippen LogP contribution >= 0.6 is 11.8 Å². The Morgan fingerprint density at radius 3 is 2.84 bits per heavy atom. The second-order valence-corrected chi connectivity index (χ2v) is 6.04. The van der Waals surface area contributed by atoms with Crippen LogP contribution in [0.4, 0.5) is 5.69 Å². The predicted octanol–water partition coefficient (Wildman–Crippen LogP) is 2.69. The van der Waals surface area contributed by atoms with E-state index in [2.05, 4.69) is 5.32 Å². The Balaban J connectivity index is 2.00. The Labute approximate surface area is 115 Å². The number of amides is 1. The average Bonchev–Trinajstić information content (AvgIpc) is 2.52. The number of carbonyl (C=O) groups is 2. The van der Waals surface area contributed by atoms with Crippen LogP contribution in [0.2, 0.25) is 0 Å². The lowest BCUT2D eigenvalue weighted by Gasteiger charge is -2.38. The van der Waals surface area contributed by atoms with E-state index in [9.17, 15) is 9.59 Å². The number of hydrogen-bond donors (Lipinski definition) is 1. The summed E-state index contributed by atoms with van der Waals surface area (Å²) in [5, 5.41) is 2.97. The van der Waals surface area contributed by atoms with Gasteiger partial charge in [0.05, 0.1) is 23.8 Å². The molecule has 0 saturated heterocycles. The van der Waals surface area contributed by atoms with Crippen LogP contribution in [0, 0.1) is 5.41 Å².